The first-order valence-corrected chi connectivity index (χ1v) is 8.70. The van der Waals surface area contributed by atoms with Crippen LogP contribution in [-0.4, -0.2) is 63.0 Å². The van der Waals surface area contributed by atoms with E-state index in [1.54, 1.807) is 20.8 Å². The highest BCUT2D eigenvalue weighted by Gasteiger charge is 2.40. The lowest BCUT2D eigenvalue weighted by Gasteiger charge is -2.37. The van der Waals surface area contributed by atoms with E-state index in [9.17, 15) is 18.0 Å². The number of amides is 1. The second-order valence-corrected chi connectivity index (χ2v) is 7.76. The lowest BCUT2D eigenvalue weighted by molar-refractivity contribution is -0.149. The van der Waals surface area contributed by atoms with Crippen molar-refractivity contribution in [3.05, 3.63) is 0 Å². The molecule has 1 rings (SSSR count). The van der Waals surface area contributed by atoms with Crippen molar-refractivity contribution in [3.8, 4) is 0 Å². The van der Waals surface area contributed by atoms with Gasteiger partial charge in [0.25, 0.3) is 10.1 Å². The Morgan fingerprint density at radius 2 is 1.82 bits per heavy atom. The summed E-state index contributed by atoms with van der Waals surface area (Å²) in [7, 11) is -2.43. The molecule has 1 amide bonds. The Kier molecular flexibility index (Phi) is 5.80. The van der Waals surface area contributed by atoms with Gasteiger partial charge in [-0.3, -0.25) is 9.08 Å². The van der Waals surface area contributed by atoms with Crippen molar-refractivity contribution in [2.45, 2.75) is 51.4 Å². The largest absolute Gasteiger partial charge is 0.467 e. The zero-order valence-corrected chi connectivity index (χ0v) is 14.3. The van der Waals surface area contributed by atoms with Crippen LogP contribution in [0.2, 0.25) is 0 Å². The highest BCUT2D eigenvalue weighted by atomic mass is 32.2. The van der Waals surface area contributed by atoms with Crippen LogP contribution >= 0.6 is 0 Å². The lowest BCUT2D eigenvalue weighted by Crippen LogP contribution is -2.53. The van der Waals surface area contributed by atoms with Crippen LogP contribution in [0.5, 0.6) is 0 Å². The summed E-state index contributed by atoms with van der Waals surface area (Å²) in [6.45, 7) is 5.31. The molecule has 128 valence electrons. The summed E-state index contributed by atoms with van der Waals surface area (Å²) in [4.78, 5) is 25.3. The number of methoxy groups -OCH3 is 1. The molecule has 1 saturated heterocycles. The van der Waals surface area contributed by atoms with Gasteiger partial charge >= 0.3 is 12.1 Å². The minimum Gasteiger partial charge on any atom is -0.467 e. The van der Waals surface area contributed by atoms with Gasteiger partial charge in [0, 0.05) is 13.0 Å². The second kappa shape index (κ2) is 6.82. The number of ether oxygens (including phenoxy) is 2. The Morgan fingerprint density at radius 1 is 1.23 bits per heavy atom. The predicted molar refractivity (Wildman–Crippen MR) is 77.7 cm³/mol. The quantitative estimate of drug-likeness (QED) is 0.557. The molecular formula is C13H23NO7S. The van der Waals surface area contributed by atoms with Crippen molar-refractivity contribution in [3.63, 3.8) is 0 Å². The van der Waals surface area contributed by atoms with Gasteiger partial charge in [-0.2, -0.15) is 8.42 Å². The van der Waals surface area contributed by atoms with E-state index in [1.807, 2.05) is 0 Å². The number of nitrogens with zero attached hydrogens (tertiary/aromatic N) is 1. The topological polar surface area (TPSA) is 99.2 Å². The number of esters is 1. The predicted octanol–water partition coefficient (Wildman–Crippen LogP) is 0.904. The van der Waals surface area contributed by atoms with E-state index in [-0.39, 0.29) is 13.0 Å². The number of hydrogen-bond donors (Lipinski definition) is 0. The molecular weight excluding hydrogens is 314 g/mol. The number of likely N-dealkylation sites (tertiary alicyclic amines) is 1. The fraction of sp³-hybridized carbons (Fsp3) is 0.846. The molecule has 0 unspecified atom stereocenters. The number of carbonyl (C=O) groups excluding carboxylic acids is 2. The van der Waals surface area contributed by atoms with Crippen LogP contribution in [0, 0.1) is 0 Å². The van der Waals surface area contributed by atoms with Crippen molar-refractivity contribution in [1.82, 2.24) is 4.90 Å². The van der Waals surface area contributed by atoms with Crippen molar-refractivity contribution >= 4 is 22.2 Å². The van der Waals surface area contributed by atoms with Crippen molar-refractivity contribution < 1.29 is 31.7 Å². The van der Waals surface area contributed by atoms with Crippen molar-refractivity contribution in [2.24, 2.45) is 0 Å². The van der Waals surface area contributed by atoms with Crippen LogP contribution in [0.1, 0.15) is 33.6 Å². The maximum atomic E-state index is 12.2. The van der Waals surface area contributed by atoms with Gasteiger partial charge in [0.05, 0.1) is 19.5 Å². The normalized spacial score (nSPS) is 23.0. The Labute approximate surface area is 130 Å². The van der Waals surface area contributed by atoms with E-state index < -0.39 is 39.9 Å². The molecule has 0 radical (unpaired) electrons. The summed E-state index contributed by atoms with van der Waals surface area (Å²) in [5.41, 5.74) is -0.697. The molecule has 2 atom stereocenters. The Hall–Kier alpha value is -1.35. The average molecular weight is 337 g/mol. The molecule has 0 spiro atoms. The molecule has 1 aliphatic heterocycles. The van der Waals surface area contributed by atoms with Crippen LogP contribution in [0.3, 0.4) is 0 Å². The first kappa shape index (κ1) is 18.7. The number of piperidine rings is 1. The molecule has 0 saturated carbocycles. The maximum absolute atomic E-state index is 12.2. The summed E-state index contributed by atoms with van der Waals surface area (Å²) < 4.78 is 37.3. The third kappa shape index (κ3) is 5.80. The summed E-state index contributed by atoms with van der Waals surface area (Å²) in [5, 5.41) is 0. The minimum absolute atomic E-state index is 0.0407. The molecule has 22 heavy (non-hydrogen) atoms. The zero-order chi connectivity index (χ0) is 17.1. The van der Waals surface area contributed by atoms with Crippen molar-refractivity contribution in [2.75, 3.05) is 19.9 Å². The molecule has 1 fully saturated rings. The number of hydrogen-bond acceptors (Lipinski definition) is 7. The van der Waals surface area contributed by atoms with Gasteiger partial charge in [0.2, 0.25) is 0 Å². The van der Waals surface area contributed by atoms with Crippen LogP contribution in [0.4, 0.5) is 4.79 Å². The van der Waals surface area contributed by atoms with Gasteiger partial charge in [-0.1, -0.05) is 0 Å². The molecule has 0 aromatic carbocycles. The molecule has 0 N–H and O–H groups in total. The van der Waals surface area contributed by atoms with Crippen molar-refractivity contribution in [1.29, 1.82) is 0 Å². The smallest absolute Gasteiger partial charge is 0.411 e. The number of carbonyl (C=O) groups is 2. The molecule has 0 aliphatic carbocycles. The van der Waals surface area contributed by atoms with Gasteiger partial charge in [-0.25, -0.2) is 9.59 Å². The number of rotatable bonds is 3. The molecule has 1 aliphatic rings. The third-order valence-electron chi connectivity index (χ3n) is 2.97. The van der Waals surface area contributed by atoms with Gasteiger partial charge in [0.15, 0.2) is 0 Å². The molecule has 0 aromatic heterocycles. The Morgan fingerprint density at radius 3 is 2.27 bits per heavy atom. The van der Waals surface area contributed by atoms with Gasteiger partial charge in [-0.15, -0.1) is 0 Å². The van der Waals surface area contributed by atoms with Crippen LogP contribution in [0.25, 0.3) is 0 Å². The first-order chi connectivity index (χ1) is 9.93. The average Bonchev–Trinajstić information content (AvgIpc) is 2.33. The highest BCUT2D eigenvalue weighted by molar-refractivity contribution is 7.86. The molecule has 8 nitrogen and oxygen atoms in total. The standard InChI is InChI=1S/C13H23NO7S/c1-13(2,3)20-12(16)14-7-6-9(21-22(5,17)18)8-10(14)11(15)19-4/h9-10H,6-8H2,1-5H3/t9-,10+/m1/s1. The maximum Gasteiger partial charge on any atom is 0.411 e. The Bertz CT molecular complexity index is 523. The SMILES string of the molecule is COC(=O)[C@@H]1C[C@H](OS(C)(=O)=O)CCN1C(=O)OC(C)(C)C. The fourth-order valence-corrected chi connectivity index (χ4v) is 2.84. The molecule has 0 bridgehead atoms. The summed E-state index contributed by atoms with van der Waals surface area (Å²) in [6, 6.07) is -0.930. The highest BCUT2D eigenvalue weighted by Crippen LogP contribution is 2.24. The van der Waals surface area contributed by atoms with E-state index in [4.69, 9.17) is 8.92 Å². The molecule has 1 heterocycles. The summed E-state index contributed by atoms with van der Waals surface area (Å²) >= 11 is 0. The van der Waals surface area contributed by atoms with E-state index in [1.165, 1.54) is 12.0 Å². The van der Waals surface area contributed by atoms with Crippen LogP contribution < -0.4 is 0 Å². The molecule has 9 heteroatoms. The van der Waals surface area contributed by atoms with Crippen LogP contribution in [-0.2, 0) is 28.6 Å². The van der Waals surface area contributed by atoms with Crippen LogP contribution in [0.15, 0.2) is 0 Å². The monoisotopic (exact) mass is 337 g/mol. The van der Waals surface area contributed by atoms with Gasteiger partial charge < -0.3 is 9.47 Å². The fourth-order valence-electron chi connectivity index (χ4n) is 2.17. The first-order valence-electron chi connectivity index (χ1n) is 6.88. The van der Waals surface area contributed by atoms with E-state index >= 15 is 0 Å². The Balaban J connectivity index is 2.86. The second-order valence-electron chi connectivity index (χ2n) is 6.16. The lowest BCUT2D eigenvalue weighted by atomic mass is 10.00. The van der Waals surface area contributed by atoms with E-state index in [0.717, 1.165) is 6.26 Å². The van der Waals surface area contributed by atoms with Gasteiger partial charge in [-0.05, 0) is 27.2 Å². The summed E-state index contributed by atoms with van der Waals surface area (Å²) in [5.74, 6) is -0.632. The van der Waals surface area contributed by atoms with Gasteiger partial charge in [0.1, 0.15) is 11.6 Å². The molecule has 0 aromatic rings. The third-order valence-corrected chi connectivity index (χ3v) is 3.59. The summed E-state index contributed by atoms with van der Waals surface area (Å²) in [6.07, 6.45) is -0.0300. The van der Waals surface area contributed by atoms with E-state index in [2.05, 4.69) is 4.74 Å². The zero-order valence-electron chi connectivity index (χ0n) is 13.5. The minimum atomic E-state index is -3.63. The van der Waals surface area contributed by atoms with E-state index in [0.29, 0.717) is 6.42 Å².